The zero-order valence-corrected chi connectivity index (χ0v) is 30.3. The van der Waals surface area contributed by atoms with E-state index in [0.717, 1.165) is 66.5 Å². The minimum Gasteiger partial charge on any atom is -0.398 e. The molecule has 0 bridgehead atoms. The summed E-state index contributed by atoms with van der Waals surface area (Å²) in [6.45, 7) is 26.7. The second-order valence-corrected chi connectivity index (χ2v) is 12.3. The van der Waals surface area contributed by atoms with Gasteiger partial charge in [0.05, 0.1) is 27.7 Å². The molecule has 1 heterocycles. The Hall–Kier alpha value is -4.99. The van der Waals surface area contributed by atoms with Gasteiger partial charge in [-0.1, -0.05) is 0 Å². The van der Waals surface area contributed by atoms with Crippen LogP contribution in [0, 0.1) is 90.0 Å². The number of anilines is 2. The molecule has 0 aliphatic carbocycles. The molecule has 252 valence electrons. The van der Waals surface area contributed by atoms with Gasteiger partial charge in [-0.2, -0.15) is 0 Å². The topological polar surface area (TPSA) is 187 Å². The van der Waals surface area contributed by atoms with Crippen LogP contribution in [0.1, 0.15) is 100 Å². The number of nitrogens with two attached hydrogens (primary N) is 3. The van der Waals surface area contributed by atoms with Crippen LogP contribution in [-0.4, -0.2) is 27.7 Å². The molecule has 10 nitrogen and oxygen atoms in total. The number of aromatic amines is 1. The number of nitrogens with zero attached hydrogens (tertiary/aromatic N) is 1. The quantitative estimate of drug-likeness (QED) is 0.169. The van der Waals surface area contributed by atoms with Crippen LogP contribution in [0.25, 0.3) is 10.9 Å². The molecule has 4 aromatic rings. The van der Waals surface area contributed by atoms with Gasteiger partial charge in [0.2, 0.25) is 5.91 Å². The summed E-state index contributed by atoms with van der Waals surface area (Å²) in [5.41, 5.74) is 31.6. The number of nitrogens with one attached hydrogen (secondary N) is 2. The molecule has 0 saturated carbocycles. The lowest BCUT2D eigenvalue weighted by molar-refractivity contribution is -0.114. The van der Waals surface area contributed by atoms with Crippen molar-refractivity contribution in [3.63, 3.8) is 0 Å². The van der Waals surface area contributed by atoms with Crippen LogP contribution in [-0.2, 0) is 4.79 Å². The SMILES string of the molecule is CC(=O)Nc1c(C)c(C)c(C)c(C)c1C(N)=O.Cc1c(C)c(C)c(C(N)=O)c(N)c1C.Cc1nc2c(C)c(C)c(C)c(C)c2c(=O)[nH]1. The fraction of sp³-hybridized carbons (Fsp3) is 0.378. The molecular formula is C37H50N6O4. The Kier molecular flexibility index (Phi) is 11.9. The number of rotatable bonds is 3. The van der Waals surface area contributed by atoms with Crippen LogP contribution >= 0.6 is 0 Å². The highest BCUT2D eigenvalue weighted by Gasteiger charge is 2.20. The lowest BCUT2D eigenvalue weighted by atomic mass is 9.92. The van der Waals surface area contributed by atoms with Gasteiger partial charge in [-0.25, -0.2) is 4.98 Å². The van der Waals surface area contributed by atoms with E-state index < -0.39 is 11.8 Å². The van der Waals surface area contributed by atoms with Crippen LogP contribution in [0.3, 0.4) is 0 Å². The number of aryl methyl sites for hydroxylation is 3. The Bertz CT molecular complexity index is 1980. The number of fused-ring (bicyclic) bond motifs is 1. The molecule has 0 spiro atoms. The van der Waals surface area contributed by atoms with Crippen molar-refractivity contribution in [2.24, 2.45) is 11.5 Å². The van der Waals surface area contributed by atoms with Gasteiger partial charge in [0.15, 0.2) is 0 Å². The summed E-state index contributed by atoms with van der Waals surface area (Å²) < 4.78 is 0. The third-order valence-electron chi connectivity index (χ3n) is 9.67. The first kappa shape index (κ1) is 38.2. The Morgan fingerprint density at radius 1 is 0.574 bits per heavy atom. The summed E-state index contributed by atoms with van der Waals surface area (Å²) >= 11 is 0. The predicted octanol–water partition coefficient (Wildman–Crippen LogP) is 6.04. The molecule has 3 aromatic carbocycles. The number of carbonyl (C=O) groups is 3. The molecule has 0 fully saturated rings. The summed E-state index contributed by atoms with van der Waals surface area (Å²) in [7, 11) is 0. The van der Waals surface area contributed by atoms with Crippen LogP contribution in [0.15, 0.2) is 4.79 Å². The van der Waals surface area contributed by atoms with Crippen molar-refractivity contribution in [2.45, 2.75) is 96.9 Å². The van der Waals surface area contributed by atoms with Gasteiger partial charge in [0, 0.05) is 12.6 Å². The van der Waals surface area contributed by atoms with Gasteiger partial charge in [0.25, 0.3) is 17.4 Å². The van der Waals surface area contributed by atoms with Gasteiger partial charge in [-0.3, -0.25) is 19.2 Å². The highest BCUT2D eigenvalue weighted by Crippen LogP contribution is 2.31. The molecule has 1 aromatic heterocycles. The molecule has 4 rings (SSSR count). The summed E-state index contributed by atoms with van der Waals surface area (Å²) in [6.07, 6.45) is 0. The van der Waals surface area contributed by atoms with Crippen LogP contribution in [0.4, 0.5) is 11.4 Å². The van der Waals surface area contributed by atoms with Crippen LogP contribution in [0.5, 0.6) is 0 Å². The van der Waals surface area contributed by atoms with E-state index in [1.807, 2.05) is 76.2 Å². The summed E-state index contributed by atoms with van der Waals surface area (Å²) in [6, 6.07) is 0. The molecule has 0 atom stereocenters. The van der Waals surface area contributed by atoms with Crippen molar-refractivity contribution < 1.29 is 14.4 Å². The summed E-state index contributed by atoms with van der Waals surface area (Å²) in [4.78, 5) is 53.0. The molecule has 3 amide bonds. The van der Waals surface area contributed by atoms with E-state index in [2.05, 4.69) is 29.1 Å². The first-order valence-corrected chi connectivity index (χ1v) is 15.4. The molecule has 0 saturated heterocycles. The number of hydrogen-bond donors (Lipinski definition) is 5. The maximum atomic E-state index is 11.9. The lowest BCUT2D eigenvalue weighted by Gasteiger charge is -2.18. The van der Waals surface area contributed by atoms with Crippen molar-refractivity contribution >= 4 is 40.0 Å². The number of hydrogen-bond acceptors (Lipinski definition) is 6. The third kappa shape index (κ3) is 7.53. The molecule has 10 heteroatoms. The highest BCUT2D eigenvalue weighted by atomic mass is 16.2. The van der Waals surface area contributed by atoms with E-state index in [1.54, 1.807) is 0 Å². The van der Waals surface area contributed by atoms with Gasteiger partial charge in [-0.05, 0) is 157 Å². The number of primary amides is 2. The van der Waals surface area contributed by atoms with Crippen LogP contribution in [0.2, 0.25) is 0 Å². The lowest BCUT2D eigenvalue weighted by Crippen LogP contribution is -2.20. The van der Waals surface area contributed by atoms with Crippen LogP contribution < -0.4 is 28.1 Å². The highest BCUT2D eigenvalue weighted by molar-refractivity contribution is 6.05. The number of H-pyrrole nitrogens is 1. The first-order chi connectivity index (χ1) is 21.6. The Labute approximate surface area is 277 Å². The number of nitrogen functional groups attached to an aromatic ring is 1. The fourth-order valence-electron chi connectivity index (χ4n) is 5.74. The average Bonchev–Trinajstić information content (AvgIpc) is 2.98. The van der Waals surface area contributed by atoms with E-state index >= 15 is 0 Å². The monoisotopic (exact) mass is 642 g/mol. The van der Waals surface area contributed by atoms with E-state index in [0.29, 0.717) is 28.3 Å². The van der Waals surface area contributed by atoms with E-state index in [1.165, 1.54) is 18.1 Å². The number of benzene rings is 3. The summed E-state index contributed by atoms with van der Waals surface area (Å²) in [5, 5.41) is 3.42. The van der Waals surface area contributed by atoms with E-state index in [9.17, 15) is 19.2 Å². The van der Waals surface area contributed by atoms with Crippen molar-refractivity contribution in [2.75, 3.05) is 11.1 Å². The number of amides is 3. The summed E-state index contributed by atoms with van der Waals surface area (Å²) in [5.74, 6) is -0.509. The number of carbonyl (C=O) groups excluding carboxylic acids is 3. The average molecular weight is 643 g/mol. The van der Waals surface area contributed by atoms with Gasteiger partial charge < -0.3 is 27.5 Å². The van der Waals surface area contributed by atoms with Gasteiger partial charge in [0.1, 0.15) is 5.82 Å². The standard InChI is InChI=1S/C13H18N2O2.C13H16N2O.C11H16N2O/c1-6-7(2)9(4)12(15-10(5)16)11(8(6)3)13(14)17;1-6-7(2)9(4)12-11(8(6)3)13(16)15-10(5)14-12;1-5-6(2)8(4)10(12)9(7(5)3)11(13)14/h1-5H3,(H2,14,17)(H,15,16);1-5H3,(H,14,15,16);12H2,1-4H3,(H2,13,14). The molecule has 0 unspecified atom stereocenters. The largest absolute Gasteiger partial charge is 0.398 e. The first-order valence-electron chi connectivity index (χ1n) is 15.4. The molecule has 0 radical (unpaired) electrons. The van der Waals surface area contributed by atoms with Gasteiger partial charge in [-0.15, -0.1) is 0 Å². The minimum absolute atomic E-state index is 0.0359. The molecule has 0 aliphatic rings. The molecular weight excluding hydrogens is 592 g/mol. The maximum Gasteiger partial charge on any atom is 0.259 e. The zero-order valence-electron chi connectivity index (χ0n) is 30.3. The molecule has 47 heavy (non-hydrogen) atoms. The molecule has 0 aliphatic heterocycles. The zero-order chi connectivity index (χ0) is 36.4. The van der Waals surface area contributed by atoms with Crippen molar-refractivity contribution in [1.29, 1.82) is 0 Å². The second kappa shape index (κ2) is 14.6. The predicted molar refractivity (Wildman–Crippen MR) is 193 cm³/mol. The maximum absolute atomic E-state index is 11.9. The minimum atomic E-state index is -0.516. The Morgan fingerprint density at radius 2 is 0.979 bits per heavy atom. The number of aromatic nitrogens is 2. The van der Waals surface area contributed by atoms with Crippen molar-refractivity contribution in [1.82, 2.24) is 9.97 Å². The normalized spacial score (nSPS) is 10.5. The second-order valence-electron chi connectivity index (χ2n) is 12.3. The van der Waals surface area contributed by atoms with Gasteiger partial charge >= 0.3 is 0 Å². The van der Waals surface area contributed by atoms with Crippen molar-refractivity contribution in [3.05, 3.63) is 94.1 Å². The fourth-order valence-corrected chi connectivity index (χ4v) is 5.74. The Balaban J connectivity index is 0.000000246. The third-order valence-corrected chi connectivity index (χ3v) is 9.67. The van der Waals surface area contributed by atoms with Crippen molar-refractivity contribution in [3.8, 4) is 0 Å². The molecule has 8 N–H and O–H groups in total. The smallest absolute Gasteiger partial charge is 0.259 e. The Morgan fingerprint density at radius 3 is 1.45 bits per heavy atom. The van der Waals surface area contributed by atoms with E-state index in [4.69, 9.17) is 17.2 Å². The van der Waals surface area contributed by atoms with E-state index in [-0.39, 0.29) is 11.5 Å².